The van der Waals surface area contributed by atoms with Crippen LogP contribution in [0, 0.1) is 11.3 Å². The average molecular weight is 663 g/mol. The van der Waals surface area contributed by atoms with Crippen molar-refractivity contribution in [3.63, 3.8) is 0 Å². The number of rotatable bonds is 9. The molecule has 0 radical (unpaired) electrons. The summed E-state index contributed by atoms with van der Waals surface area (Å²) in [5.74, 6) is 0.922. The van der Waals surface area contributed by atoms with Crippen LogP contribution in [0.3, 0.4) is 0 Å². The van der Waals surface area contributed by atoms with Crippen LogP contribution in [-0.2, 0) is 23.6 Å². The molecule has 4 N–H and O–H groups in total. The third kappa shape index (κ3) is 7.49. The van der Waals surface area contributed by atoms with E-state index in [1.54, 1.807) is 34.1 Å². The van der Waals surface area contributed by atoms with Crippen molar-refractivity contribution in [2.24, 2.45) is 12.2 Å². The second-order valence-corrected chi connectivity index (χ2v) is 13.2. The minimum Gasteiger partial charge on any atom is -0.351 e. The Morgan fingerprint density at radius 1 is 0.958 bits per heavy atom. The molecule has 0 spiro atoms. The zero-order valence-electron chi connectivity index (χ0n) is 26.2. The number of nitrogens with one attached hydrogen (secondary N) is 2. The van der Waals surface area contributed by atoms with E-state index >= 15 is 0 Å². The number of hydrogen-bond donors (Lipinski definition) is 3. The number of pyridine rings is 1. The molecule has 48 heavy (non-hydrogen) atoms. The molecular weight excluding hydrogens is 629 g/mol. The Labute approximate surface area is 278 Å². The molecular formula is C34H34N10O3S. The van der Waals surface area contributed by atoms with E-state index in [-0.39, 0.29) is 28.6 Å². The number of sulfonamides is 1. The lowest BCUT2D eigenvalue weighted by Gasteiger charge is -2.36. The van der Waals surface area contributed by atoms with Gasteiger partial charge in [-0.05, 0) is 55.5 Å². The summed E-state index contributed by atoms with van der Waals surface area (Å²) in [4.78, 5) is 29.1. The van der Waals surface area contributed by atoms with E-state index in [0.29, 0.717) is 42.4 Å². The van der Waals surface area contributed by atoms with Crippen LogP contribution in [-0.4, -0.2) is 51.3 Å². The van der Waals surface area contributed by atoms with Gasteiger partial charge in [-0.2, -0.15) is 10.4 Å². The summed E-state index contributed by atoms with van der Waals surface area (Å²) >= 11 is 0. The fourth-order valence-electron chi connectivity index (χ4n) is 5.80. The Hall–Kier alpha value is -5.65. The van der Waals surface area contributed by atoms with Crippen molar-refractivity contribution >= 4 is 27.8 Å². The van der Waals surface area contributed by atoms with Gasteiger partial charge in [0.15, 0.2) is 0 Å². The highest BCUT2D eigenvalue weighted by molar-refractivity contribution is 7.89. The summed E-state index contributed by atoms with van der Waals surface area (Å²) in [5.41, 5.74) is 4.05. The molecule has 2 amide bonds. The molecule has 3 heterocycles. The number of nitrogens with zero attached hydrogens (tertiary/aromatic N) is 7. The third-order valence-corrected chi connectivity index (χ3v) is 9.23. The molecule has 14 heteroatoms. The maximum atomic E-state index is 13.7. The number of nitrogens with two attached hydrogens (primary N) is 1. The maximum Gasteiger partial charge on any atom is 0.323 e. The summed E-state index contributed by atoms with van der Waals surface area (Å²) in [6.07, 6.45) is 9.80. The molecule has 0 atom stereocenters. The van der Waals surface area contributed by atoms with Gasteiger partial charge >= 0.3 is 6.03 Å². The molecule has 244 valence electrons. The predicted octanol–water partition coefficient (Wildman–Crippen LogP) is 4.60. The molecule has 1 fully saturated rings. The van der Waals surface area contributed by atoms with E-state index in [1.165, 1.54) is 18.3 Å². The van der Waals surface area contributed by atoms with Crippen molar-refractivity contribution in [2.45, 2.75) is 49.2 Å². The standard InChI is InChI=1S/C34H34N10O3S/c1-43-22-27(21-40-43)25-9-16-31(37-19-25)44(34(45)39-18-23-5-3-2-4-6-23)29-12-10-28(11-13-29)41-33-38-20-26(17-35)32(42-33)24-7-14-30(15-8-24)48(36,46)47/h2-9,14-16,19-22,28-29H,10-13,18H2,1H3,(H,39,45)(H2,36,46,47)(H,38,41,42)/t28-,29-. The summed E-state index contributed by atoms with van der Waals surface area (Å²) in [7, 11) is -1.99. The number of hydrogen-bond acceptors (Lipinski definition) is 9. The van der Waals surface area contributed by atoms with Crippen LogP contribution in [0.25, 0.3) is 22.4 Å². The first-order valence-corrected chi connectivity index (χ1v) is 17.0. The lowest BCUT2D eigenvalue weighted by molar-refractivity contribution is 0.240. The molecule has 1 aliphatic rings. The monoisotopic (exact) mass is 662 g/mol. The van der Waals surface area contributed by atoms with E-state index in [2.05, 4.69) is 31.8 Å². The van der Waals surface area contributed by atoms with Crippen molar-refractivity contribution < 1.29 is 13.2 Å². The number of urea groups is 1. The lowest BCUT2D eigenvalue weighted by atomic mass is 9.90. The number of carbonyl (C=O) groups is 1. The second kappa shape index (κ2) is 14.0. The van der Waals surface area contributed by atoms with Crippen molar-refractivity contribution in [2.75, 3.05) is 10.2 Å². The molecule has 2 aromatic carbocycles. The molecule has 5 aromatic rings. The van der Waals surface area contributed by atoms with Crippen LogP contribution >= 0.6 is 0 Å². The van der Waals surface area contributed by atoms with Crippen LogP contribution < -0.4 is 20.7 Å². The van der Waals surface area contributed by atoms with Gasteiger partial charge in [0, 0.05) is 54.8 Å². The molecule has 0 aliphatic heterocycles. The zero-order valence-corrected chi connectivity index (χ0v) is 27.0. The largest absolute Gasteiger partial charge is 0.351 e. The Bertz CT molecular complexity index is 2040. The number of nitriles is 1. The molecule has 3 aromatic heterocycles. The minimum atomic E-state index is -3.85. The highest BCUT2D eigenvalue weighted by Gasteiger charge is 2.31. The van der Waals surface area contributed by atoms with E-state index in [1.807, 2.05) is 55.7 Å². The van der Waals surface area contributed by atoms with Gasteiger partial charge in [0.2, 0.25) is 16.0 Å². The Morgan fingerprint density at radius 3 is 2.31 bits per heavy atom. The second-order valence-electron chi connectivity index (χ2n) is 11.6. The molecule has 6 rings (SSSR count). The number of primary sulfonamides is 1. The molecule has 1 aliphatic carbocycles. The topological polar surface area (TPSA) is 185 Å². The predicted molar refractivity (Wildman–Crippen MR) is 181 cm³/mol. The van der Waals surface area contributed by atoms with Crippen LogP contribution in [0.15, 0.2) is 96.4 Å². The van der Waals surface area contributed by atoms with Crippen LogP contribution in [0.4, 0.5) is 16.6 Å². The third-order valence-electron chi connectivity index (χ3n) is 8.30. The van der Waals surface area contributed by atoms with E-state index in [9.17, 15) is 18.5 Å². The Kier molecular flexibility index (Phi) is 9.42. The van der Waals surface area contributed by atoms with Gasteiger partial charge in [0.1, 0.15) is 11.9 Å². The summed E-state index contributed by atoms with van der Waals surface area (Å²) in [6.45, 7) is 0.393. The number of benzene rings is 2. The quantitative estimate of drug-likeness (QED) is 0.203. The zero-order chi connectivity index (χ0) is 33.7. The van der Waals surface area contributed by atoms with E-state index in [4.69, 9.17) is 10.1 Å². The number of aryl methyl sites for hydroxylation is 1. The number of aromatic nitrogens is 5. The van der Waals surface area contributed by atoms with Gasteiger partial charge in [0.05, 0.1) is 28.5 Å². The summed E-state index contributed by atoms with van der Waals surface area (Å²) < 4.78 is 25.1. The molecule has 13 nitrogen and oxygen atoms in total. The summed E-state index contributed by atoms with van der Waals surface area (Å²) in [6, 6.07) is 21.3. The van der Waals surface area contributed by atoms with Crippen LogP contribution in [0.2, 0.25) is 0 Å². The molecule has 1 saturated carbocycles. The minimum absolute atomic E-state index is 0.0296. The van der Waals surface area contributed by atoms with Crippen molar-refractivity contribution in [3.05, 3.63) is 103 Å². The summed E-state index contributed by atoms with van der Waals surface area (Å²) in [5, 5.41) is 25.6. The number of anilines is 2. The van der Waals surface area contributed by atoms with Gasteiger partial charge in [-0.15, -0.1) is 0 Å². The van der Waals surface area contributed by atoms with Crippen molar-refractivity contribution in [1.82, 2.24) is 30.0 Å². The smallest absolute Gasteiger partial charge is 0.323 e. The first-order valence-electron chi connectivity index (χ1n) is 15.4. The Balaban J connectivity index is 1.17. The van der Waals surface area contributed by atoms with Gasteiger partial charge in [-0.25, -0.2) is 33.3 Å². The Morgan fingerprint density at radius 2 is 1.69 bits per heavy atom. The first-order chi connectivity index (χ1) is 23.2. The van der Waals surface area contributed by atoms with Gasteiger partial charge in [-0.3, -0.25) is 9.58 Å². The van der Waals surface area contributed by atoms with Crippen molar-refractivity contribution in [1.29, 1.82) is 5.26 Å². The SMILES string of the molecule is Cn1cc(-c2ccc(N(C(=O)NCc3ccccc3)[C@H]3CC[C@H](Nc4ncc(C#N)c(-c5ccc(S(N)(=O)=O)cc5)n4)CC3)nc2)cn1. The maximum absolute atomic E-state index is 13.7. The fourth-order valence-corrected chi connectivity index (χ4v) is 6.32. The molecule has 0 saturated heterocycles. The lowest BCUT2D eigenvalue weighted by Crippen LogP contribution is -2.49. The van der Waals surface area contributed by atoms with Crippen LogP contribution in [0.1, 0.15) is 36.8 Å². The van der Waals surface area contributed by atoms with Gasteiger partial charge < -0.3 is 10.6 Å². The number of amides is 2. The number of carbonyl (C=O) groups excluding carboxylic acids is 1. The van der Waals surface area contributed by atoms with E-state index < -0.39 is 10.0 Å². The van der Waals surface area contributed by atoms with Crippen molar-refractivity contribution in [3.8, 4) is 28.5 Å². The fraction of sp³-hybridized carbons (Fsp3) is 0.235. The van der Waals surface area contributed by atoms with E-state index in [0.717, 1.165) is 29.5 Å². The highest BCUT2D eigenvalue weighted by atomic mass is 32.2. The van der Waals surface area contributed by atoms with Gasteiger partial charge in [0.25, 0.3) is 0 Å². The molecule has 0 bridgehead atoms. The van der Waals surface area contributed by atoms with Gasteiger partial charge in [-0.1, -0.05) is 42.5 Å². The average Bonchev–Trinajstić information content (AvgIpc) is 3.54. The van der Waals surface area contributed by atoms with Crippen LogP contribution in [0.5, 0.6) is 0 Å². The first kappa shape index (κ1) is 32.3. The molecule has 0 unspecified atom stereocenters. The normalized spacial score (nSPS) is 16.1. The highest BCUT2D eigenvalue weighted by Crippen LogP contribution is 2.30.